The third-order valence-electron chi connectivity index (χ3n) is 4.69. The molecule has 0 bridgehead atoms. The van der Waals surface area contributed by atoms with Crippen molar-refractivity contribution < 1.29 is 18.0 Å². The second-order valence-electron chi connectivity index (χ2n) is 6.95. The fraction of sp³-hybridized carbons (Fsp3) is 0.0870. The molecule has 0 atom stereocenters. The molecule has 0 spiro atoms. The molecular weight excluding hydrogens is 405 g/mol. The van der Waals surface area contributed by atoms with Crippen LogP contribution in [0.15, 0.2) is 67.1 Å². The van der Waals surface area contributed by atoms with E-state index in [1.807, 2.05) is 18.2 Å². The summed E-state index contributed by atoms with van der Waals surface area (Å²) >= 11 is 0. The number of ketones is 1. The number of halogens is 3. The van der Waals surface area contributed by atoms with Gasteiger partial charge in [0.2, 0.25) is 0 Å². The van der Waals surface area contributed by atoms with Gasteiger partial charge in [-0.1, -0.05) is 12.1 Å². The van der Waals surface area contributed by atoms with Crippen molar-refractivity contribution in [3.63, 3.8) is 0 Å². The molecule has 0 aliphatic carbocycles. The Morgan fingerprint density at radius 2 is 1.94 bits per heavy atom. The third-order valence-corrected chi connectivity index (χ3v) is 4.69. The van der Waals surface area contributed by atoms with Crippen molar-refractivity contribution in [3.8, 4) is 11.1 Å². The van der Waals surface area contributed by atoms with Crippen LogP contribution < -0.4 is 5.32 Å². The van der Waals surface area contributed by atoms with Crippen LogP contribution in [-0.4, -0.2) is 21.0 Å². The number of hydrogen-bond acceptors (Lipinski definition) is 4. The predicted octanol–water partition coefficient (Wildman–Crippen LogP) is 5.99. The Labute approximate surface area is 175 Å². The molecule has 0 saturated heterocycles. The van der Waals surface area contributed by atoms with Gasteiger partial charge in [0, 0.05) is 34.6 Å². The van der Waals surface area contributed by atoms with E-state index >= 15 is 0 Å². The average Bonchev–Trinajstić information content (AvgIpc) is 3.27. The van der Waals surface area contributed by atoms with Crippen molar-refractivity contribution in [1.82, 2.24) is 15.2 Å². The van der Waals surface area contributed by atoms with E-state index < -0.39 is 11.7 Å². The summed E-state index contributed by atoms with van der Waals surface area (Å²) in [5.41, 5.74) is 3.02. The maximum Gasteiger partial charge on any atom is 0.416 e. The van der Waals surface area contributed by atoms with Crippen LogP contribution in [0.2, 0.25) is 0 Å². The SMILES string of the molecule is CC(=O)/C=C/c1cnc2ccc(-c3cn[nH]c3)cc2c1Nc1cccc(C(F)(F)F)c1. The van der Waals surface area contributed by atoms with Gasteiger partial charge >= 0.3 is 6.18 Å². The summed E-state index contributed by atoms with van der Waals surface area (Å²) in [5, 5.41) is 10.5. The zero-order valence-corrected chi connectivity index (χ0v) is 16.4. The van der Waals surface area contributed by atoms with Crippen molar-refractivity contribution in [2.45, 2.75) is 13.1 Å². The molecule has 0 fully saturated rings. The lowest BCUT2D eigenvalue weighted by molar-refractivity contribution is -0.137. The Balaban J connectivity index is 1.88. The summed E-state index contributed by atoms with van der Waals surface area (Å²) in [6.45, 7) is 1.42. The molecule has 0 aliphatic heterocycles. The number of nitrogens with zero attached hydrogens (tertiary/aromatic N) is 2. The monoisotopic (exact) mass is 422 g/mol. The molecule has 0 unspecified atom stereocenters. The number of rotatable bonds is 5. The van der Waals surface area contributed by atoms with Crippen LogP contribution >= 0.6 is 0 Å². The minimum Gasteiger partial charge on any atom is -0.354 e. The van der Waals surface area contributed by atoms with Crippen LogP contribution in [0.5, 0.6) is 0 Å². The van der Waals surface area contributed by atoms with E-state index in [1.54, 1.807) is 30.7 Å². The lowest BCUT2D eigenvalue weighted by atomic mass is 10.0. The van der Waals surface area contributed by atoms with Crippen molar-refractivity contribution in [1.29, 1.82) is 0 Å². The molecule has 8 heteroatoms. The molecule has 0 amide bonds. The highest BCUT2D eigenvalue weighted by Crippen LogP contribution is 2.35. The lowest BCUT2D eigenvalue weighted by Gasteiger charge is -2.15. The van der Waals surface area contributed by atoms with E-state index in [2.05, 4.69) is 20.5 Å². The number of carbonyl (C=O) groups excluding carboxylic acids is 1. The van der Waals surface area contributed by atoms with Crippen molar-refractivity contribution in [3.05, 3.63) is 78.3 Å². The van der Waals surface area contributed by atoms with Crippen LogP contribution in [-0.2, 0) is 11.0 Å². The molecule has 4 rings (SSSR count). The zero-order valence-electron chi connectivity index (χ0n) is 16.4. The van der Waals surface area contributed by atoms with Gasteiger partial charge < -0.3 is 5.32 Å². The fourth-order valence-electron chi connectivity index (χ4n) is 3.19. The van der Waals surface area contributed by atoms with Crippen LogP contribution in [0.25, 0.3) is 28.1 Å². The average molecular weight is 422 g/mol. The molecule has 2 aromatic carbocycles. The lowest BCUT2D eigenvalue weighted by Crippen LogP contribution is -2.05. The molecule has 2 aromatic heterocycles. The zero-order chi connectivity index (χ0) is 22.0. The number of hydrogen-bond donors (Lipinski definition) is 2. The number of aromatic nitrogens is 3. The summed E-state index contributed by atoms with van der Waals surface area (Å²) in [5.74, 6) is -0.155. The number of anilines is 2. The van der Waals surface area contributed by atoms with Crippen LogP contribution in [0.4, 0.5) is 24.5 Å². The van der Waals surface area contributed by atoms with Gasteiger partial charge in [0.1, 0.15) is 0 Å². The first kappa shape index (κ1) is 20.3. The van der Waals surface area contributed by atoms with E-state index in [-0.39, 0.29) is 11.5 Å². The first-order chi connectivity index (χ1) is 14.8. The summed E-state index contributed by atoms with van der Waals surface area (Å²) in [6.07, 6.45) is 3.52. The fourth-order valence-corrected chi connectivity index (χ4v) is 3.19. The molecule has 5 nitrogen and oxygen atoms in total. The summed E-state index contributed by atoms with van der Waals surface area (Å²) in [4.78, 5) is 15.9. The maximum atomic E-state index is 13.2. The Hall–Kier alpha value is -3.94. The largest absolute Gasteiger partial charge is 0.416 e. The number of carbonyl (C=O) groups is 1. The number of allylic oxidation sites excluding steroid dienone is 1. The van der Waals surface area contributed by atoms with Crippen LogP contribution in [0.3, 0.4) is 0 Å². The van der Waals surface area contributed by atoms with E-state index in [1.165, 1.54) is 19.1 Å². The summed E-state index contributed by atoms with van der Waals surface area (Å²) < 4.78 is 39.5. The topological polar surface area (TPSA) is 70.7 Å². The van der Waals surface area contributed by atoms with Crippen molar-refractivity contribution in [2.24, 2.45) is 0 Å². The molecule has 31 heavy (non-hydrogen) atoms. The highest BCUT2D eigenvalue weighted by molar-refractivity contribution is 6.01. The summed E-state index contributed by atoms with van der Waals surface area (Å²) in [7, 11) is 0. The van der Waals surface area contributed by atoms with E-state index in [9.17, 15) is 18.0 Å². The van der Waals surface area contributed by atoms with Gasteiger partial charge in [0.25, 0.3) is 0 Å². The van der Waals surface area contributed by atoms with Crippen molar-refractivity contribution in [2.75, 3.05) is 5.32 Å². The maximum absolute atomic E-state index is 13.2. The Kier molecular flexibility index (Phi) is 5.29. The van der Waals surface area contributed by atoms with Gasteiger partial charge in [-0.05, 0) is 55.0 Å². The third kappa shape index (κ3) is 4.48. The van der Waals surface area contributed by atoms with E-state index in [4.69, 9.17) is 0 Å². The second kappa shape index (κ2) is 8.06. The Bertz CT molecular complexity index is 1280. The number of H-pyrrole nitrogens is 1. The van der Waals surface area contributed by atoms with Gasteiger partial charge in [-0.25, -0.2) is 0 Å². The van der Waals surface area contributed by atoms with Crippen LogP contribution in [0, 0.1) is 0 Å². The molecule has 0 saturated carbocycles. The number of pyridine rings is 1. The molecular formula is C23H17F3N4O. The minimum atomic E-state index is -4.45. The number of benzene rings is 2. The van der Waals surface area contributed by atoms with Crippen LogP contribution in [0.1, 0.15) is 18.1 Å². The molecule has 2 heterocycles. The number of alkyl halides is 3. The highest BCUT2D eigenvalue weighted by Gasteiger charge is 2.30. The Morgan fingerprint density at radius 1 is 1.10 bits per heavy atom. The molecule has 156 valence electrons. The minimum absolute atomic E-state index is 0.155. The number of aromatic amines is 1. The normalized spacial score (nSPS) is 11.9. The quantitative estimate of drug-likeness (QED) is 0.388. The Morgan fingerprint density at radius 3 is 2.65 bits per heavy atom. The number of fused-ring (bicyclic) bond motifs is 1. The molecule has 2 N–H and O–H groups in total. The first-order valence-electron chi connectivity index (χ1n) is 9.36. The smallest absolute Gasteiger partial charge is 0.354 e. The second-order valence-corrected chi connectivity index (χ2v) is 6.95. The molecule has 0 aliphatic rings. The first-order valence-corrected chi connectivity index (χ1v) is 9.36. The standard InChI is InChI=1S/C23H17F3N4O/c1-14(31)5-6-16-11-27-21-8-7-15(17-12-28-29-13-17)9-20(21)22(16)30-19-4-2-3-18(10-19)23(24,25)26/h2-13H,1H3,(H,27,30)(H,28,29)/b6-5+. The van der Waals surface area contributed by atoms with Gasteiger partial charge in [-0.2, -0.15) is 18.3 Å². The predicted molar refractivity (Wildman–Crippen MR) is 114 cm³/mol. The highest BCUT2D eigenvalue weighted by atomic mass is 19.4. The molecule has 0 radical (unpaired) electrons. The van der Waals surface area contributed by atoms with Gasteiger partial charge in [0.15, 0.2) is 5.78 Å². The number of nitrogens with one attached hydrogen (secondary N) is 2. The molecule has 4 aromatic rings. The van der Waals surface area contributed by atoms with E-state index in [0.717, 1.165) is 23.3 Å². The van der Waals surface area contributed by atoms with Gasteiger partial charge in [0.05, 0.1) is 23.0 Å². The van der Waals surface area contributed by atoms with Crippen molar-refractivity contribution >= 4 is 34.1 Å². The van der Waals surface area contributed by atoms with Gasteiger partial charge in [-0.3, -0.25) is 14.9 Å². The summed E-state index contributed by atoms with van der Waals surface area (Å²) in [6, 6.07) is 10.6. The van der Waals surface area contributed by atoms with E-state index in [0.29, 0.717) is 22.2 Å². The van der Waals surface area contributed by atoms with Gasteiger partial charge in [-0.15, -0.1) is 0 Å².